The highest BCUT2D eigenvalue weighted by molar-refractivity contribution is 6.47. The highest BCUT2D eigenvalue weighted by Gasteiger charge is 2.30. The first kappa shape index (κ1) is 31.0. The average molecular weight is 570 g/mol. The van der Waals surface area contributed by atoms with Crippen LogP contribution in [0.1, 0.15) is 42.0 Å². The summed E-state index contributed by atoms with van der Waals surface area (Å²) in [5.74, 6) is -0.369. The third-order valence-corrected chi connectivity index (χ3v) is 5.77. The maximum Gasteiger partial charge on any atom is 0.416 e. The van der Waals surface area contributed by atoms with E-state index in [0.29, 0.717) is 40.5 Å². The largest absolute Gasteiger partial charge is 0.468 e. The molecular formula is C30H30F3N3O5. The molecule has 0 amide bonds. The Morgan fingerprint density at radius 1 is 0.951 bits per heavy atom. The topological polar surface area (TPSA) is 91.1 Å². The first-order valence-electron chi connectivity index (χ1n) is 12.6. The van der Waals surface area contributed by atoms with Crippen LogP contribution in [0, 0.1) is 0 Å². The van der Waals surface area contributed by atoms with E-state index in [1.165, 1.54) is 32.6 Å². The summed E-state index contributed by atoms with van der Waals surface area (Å²) in [7, 11) is 2.83. The Morgan fingerprint density at radius 3 is 2.17 bits per heavy atom. The summed E-state index contributed by atoms with van der Waals surface area (Å²) < 4.78 is 54.2. The Morgan fingerprint density at radius 2 is 1.59 bits per heavy atom. The molecule has 0 radical (unpaired) electrons. The molecule has 216 valence electrons. The number of halogens is 3. The van der Waals surface area contributed by atoms with Gasteiger partial charge in [-0.25, -0.2) is 0 Å². The van der Waals surface area contributed by atoms with Crippen LogP contribution in [0.4, 0.5) is 13.2 Å². The van der Waals surface area contributed by atoms with Crippen LogP contribution >= 0.6 is 0 Å². The quantitative estimate of drug-likeness (QED) is 0.139. The van der Waals surface area contributed by atoms with Crippen molar-refractivity contribution in [3.8, 4) is 11.5 Å². The standard InChI is InChI=1S/C30H30F3N3O5/c1-5-40-36-28(21-10-14-24(15-11-21)41-25-16-12-23(13-17-25)30(31,32)33)20(2)35-34-18-22-8-6-7-9-26(22)27(19-38-3)29(37)39-4/h6-18,27H,5,19H2,1-4H3. The molecule has 0 aliphatic heterocycles. The molecule has 3 rings (SSSR count). The Bertz CT molecular complexity index is 1390. The molecule has 0 aliphatic carbocycles. The maximum atomic E-state index is 12.8. The van der Waals surface area contributed by atoms with Crippen LogP contribution in [0.3, 0.4) is 0 Å². The van der Waals surface area contributed by atoms with Crippen molar-refractivity contribution in [2.75, 3.05) is 27.4 Å². The predicted octanol–water partition coefficient (Wildman–Crippen LogP) is 6.64. The van der Waals surface area contributed by atoms with Gasteiger partial charge in [-0.2, -0.15) is 23.4 Å². The Hall–Kier alpha value is -4.51. The molecule has 0 fully saturated rings. The highest BCUT2D eigenvalue weighted by Crippen LogP contribution is 2.31. The van der Waals surface area contributed by atoms with Crippen LogP contribution in [-0.4, -0.2) is 51.0 Å². The van der Waals surface area contributed by atoms with Gasteiger partial charge >= 0.3 is 12.1 Å². The Labute approximate surface area is 236 Å². The van der Waals surface area contributed by atoms with Gasteiger partial charge in [0.05, 0.1) is 31.2 Å². The Kier molecular flexibility index (Phi) is 11.2. The molecule has 11 heteroatoms. The van der Waals surface area contributed by atoms with Gasteiger partial charge in [0.1, 0.15) is 29.7 Å². The normalized spacial score (nSPS) is 13.2. The van der Waals surface area contributed by atoms with Gasteiger partial charge in [-0.1, -0.05) is 29.4 Å². The molecule has 0 N–H and O–H groups in total. The van der Waals surface area contributed by atoms with Crippen molar-refractivity contribution in [2.45, 2.75) is 25.9 Å². The molecule has 3 aromatic rings. The molecule has 0 saturated heterocycles. The van der Waals surface area contributed by atoms with E-state index in [-0.39, 0.29) is 12.4 Å². The minimum absolute atomic E-state index is 0.142. The van der Waals surface area contributed by atoms with Crippen molar-refractivity contribution in [2.24, 2.45) is 15.4 Å². The fraction of sp³-hybridized carbons (Fsp3) is 0.267. The lowest BCUT2D eigenvalue weighted by Gasteiger charge is -2.16. The molecule has 8 nitrogen and oxygen atoms in total. The molecule has 0 aliphatic rings. The zero-order chi connectivity index (χ0) is 29.8. The van der Waals surface area contributed by atoms with Crippen LogP contribution in [0.5, 0.6) is 11.5 Å². The summed E-state index contributed by atoms with van der Waals surface area (Å²) >= 11 is 0. The molecule has 1 atom stereocenters. The summed E-state index contributed by atoms with van der Waals surface area (Å²) in [6, 6.07) is 18.4. The van der Waals surface area contributed by atoms with Crippen LogP contribution in [0.2, 0.25) is 0 Å². The van der Waals surface area contributed by atoms with Gasteiger partial charge in [-0.05, 0) is 73.5 Å². The van der Waals surface area contributed by atoms with Crippen molar-refractivity contribution < 1.29 is 37.0 Å². The van der Waals surface area contributed by atoms with Gasteiger partial charge in [0.2, 0.25) is 0 Å². The number of oxime groups is 1. The van der Waals surface area contributed by atoms with E-state index in [4.69, 9.17) is 19.0 Å². The smallest absolute Gasteiger partial charge is 0.416 e. The summed E-state index contributed by atoms with van der Waals surface area (Å²) in [5.41, 5.74) is 2.13. The zero-order valence-electron chi connectivity index (χ0n) is 23.0. The molecular weight excluding hydrogens is 539 g/mol. The van der Waals surface area contributed by atoms with Crippen LogP contribution in [0.15, 0.2) is 88.2 Å². The van der Waals surface area contributed by atoms with Crippen LogP contribution in [-0.2, 0) is 25.3 Å². The second kappa shape index (κ2) is 14.8. The lowest BCUT2D eigenvalue weighted by Crippen LogP contribution is -2.20. The molecule has 3 aromatic carbocycles. The monoisotopic (exact) mass is 569 g/mol. The van der Waals surface area contributed by atoms with Crippen molar-refractivity contribution in [1.29, 1.82) is 0 Å². The summed E-state index contributed by atoms with van der Waals surface area (Å²) in [6.07, 6.45) is -2.89. The fourth-order valence-electron chi connectivity index (χ4n) is 3.75. The predicted molar refractivity (Wildman–Crippen MR) is 150 cm³/mol. The number of alkyl halides is 3. The number of hydrogen-bond donors (Lipinski definition) is 0. The first-order chi connectivity index (χ1) is 19.7. The molecule has 0 bridgehead atoms. The minimum atomic E-state index is -4.42. The van der Waals surface area contributed by atoms with Gasteiger partial charge in [0.25, 0.3) is 0 Å². The van der Waals surface area contributed by atoms with Crippen LogP contribution < -0.4 is 4.74 Å². The lowest BCUT2D eigenvalue weighted by molar-refractivity contribution is -0.143. The number of ether oxygens (including phenoxy) is 3. The molecule has 0 heterocycles. The van der Waals surface area contributed by atoms with E-state index >= 15 is 0 Å². The van der Waals surface area contributed by atoms with Crippen molar-refractivity contribution in [1.82, 2.24) is 0 Å². The van der Waals surface area contributed by atoms with Gasteiger partial charge < -0.3 is 19.0 Å². The number of hydrogen-bond acceptors (Lipinski definition) is 8. The number of esters is 1. The number of benzene rings is 3. The second-order valence-electron chi connectivity index (χ2n) is 8.60. The third kappa shape index (κ3) is 8.74. The van der Waals surface area contributed by atoms with E-state index in [1.807, 2.05) is 12.1 Å². The van der Waals surface area contributed by atoms with E-state index in [2.05, 4.69) is 15.4 Å². The molecule has 0 spiro atoms. The minimum Gasteiger partial charge on any atom is -0.468 e. The Balaban J connectivity index is 1.80. The van der Waals surface area contributed by atoms with E-state index < -0.39 is 23.6 Å². The van der Waals surface area contributed by atoms with E-state index in [9.17, 15) is 18.0 Å². The van der Waals surface area contributed by atoms with Crippen molar-refractivity contribution in [3.63, 3.8) is 0 Å². The van der Waals surface area contributed by atoms with Gasteiger partial charge in [0, 0.05) is 12.7 Å². The van der Waals surface area contributed by atoms with E-state index in [1.54, 1.807) is 50.2 Å². The second-order valence-corrected chi connectivity index (χ2v) is 8.60. The number of nitrogens with zero attached hydrogens (tertiary/aromatic N) is 3. The summed E-state index contributed by atoms with van der Waals surface area (Å²) in [5, 5.41) is 12.7. The average Bonchev–Trinajstić information content (AvgIpc) is 2.96. The summed E-state index contributed by atoms with van der Waals surface area (Å²) in [4.78, 5) is 17.6. The van der Waals surface area contributed by atoms with E-state index in [0.717, 1.165) is 12.1 Å². The third-order valence-electron chi connectivity index (χ3n) is 5.77. The molecule has 0 saturated carbocycles. The lowest BCUT2D eigenvalue weighted by atomic mass is 9.95. The molecule has 41 heavy (non-hydrogen) atoms. The van der Waals surface area contributed by atoms with Crippen LogP contribution in [0.25, 0.3) is 0 Å². The molecule has 0 aromatic heterocycles. The van der Waals surface area contributed by atoms with Gasteiger partial charge in [-0.3, -0.25) is 4.79 Å². The SMILES string of the molecule is CCON=C(C(C)=NN=Cc1ccccc1C(COC)C(=O)OC)c1ccc(Oc2ccc(C(F)(F)F)cc2)cc1. The fourth-order valence-corrected chi connectivity index (χ4v) is 3.75. The summed E-state index contributed by atoms with van der Waals surface area (Å²) in [6.45, 7) is 3.98. The molecule has 1 unspecified atom stereocenters. The number of rotatable bonds is 12. The zero-order valence-corrected chi connectivity index (χ0v) is 23.0. The van der Waals surface area contributed by atoms with Gasteiger partial charge in [0.15, 0.2) is 0 Å². The first-order valence-corrected chi connectivity index (χ1v) is 12.6. The van der Waals surface area contributed by atoms with Crippen molar-refractivity contribution >= 4 is 23.6 Å². The number of carbonyl (C=O) groups excluding carboxylic acids is 1. The van der Waals surface area contributed by atoms with Gasteiger partial charge in [-0.15, -0.1) is 0 Å². The number of carbonyl (C=O) groups is 1. The van der Waals surface area contributed by atoms with Crippen molar-refractivity contribution in [3.05, 3.63) is 95.1 Å². The number of methoxy groups -OCH3 is 2. The highest BCUT2D eigenvalue weighted by atomic mass is 19.4. The maximum absolute atomic E-state index is 12.8.